The second-order valence-corrected chi connectivity index (χ2v) is 4.83. The van der Waals surface area contributed by atoms with Gasteiger partial charge in [-0.1, -0.05) is 26.0 Å². The van der Waals surface area contributed by atoms with Crippen LogP contribution >= 0.6 is 0 Å². The van der Waals surface area contributed by atoms with Crippen molar-refractivity contribution in [2.24, 2.45) is 5.92 Å². The monoisotopic (exact) mass is 233 g/mol. The summed E-state index contributed by atoms with van der Waals surface area (Å²) in [4.78, 5) is 11.8. The number of rotatable bonds is 3. The van der Waals surface area contributed by atoms with Crippen molar-refractivity contribution in [2.45, 2.75) is 26.2 Å². The first-order chi connectivity index (χ1) is 8.16. The molecule has 0 aliphatic carbocycles. The van der Waals surface area contributed by atoms with Gasteiger partial charge in [-0.05, 0) is 30.0 Å². The fraction of sp³-hybridized carbons (Fsp3) is 0.500. The first-order valence-electron chi connectivity index (χ1n) is 6.15. The highest BCUT2D eigenvalue weighted by Gasteiger charge is 2.23. The number of nitrogens with one attached hydrogen (secondary N) is 1. The Kier molecular flexibility index (Phi) is 3.79. The van der Waals surface area contributed by atoms with Crippen molar-refractivity contribution in [3.8, 4) is 0 Å². The van der Waals surface area contributed by atoms with Crippen molar-refractivity contribution in [3.63, 3.8) is 0 Å². The molecule has 0 aromatic heterocycles. The predicted molar refractivity (Wildman–Crippen MR) is 68.1 cm³/mol. The molecule has 17 heavy (non-hydrogen) atoms. The van der Waals surface area contributed by atoms with E-state index in [-0.39, 0.29) is 11.8 Å². The van der Waals surface area contributed by atoms with Gasteiger partial charge in [0, 0.05) is 12.3 Å². The molecule has 1 atom stereocenters. The standard InChI is InChI=1S/C14H19NO2/c1-10(2)11-3-5-13(6-4-11)15-14(16)12-7-8-17-9-12/h3-6,10,12H,7-9H2,1-2H3,(H,15,16). The molecule has 0 bridgehead atoms. The molecule has 0 spiro atoms. The Balaban J connectivity index is 1.96. The summed E-state index contributed by atoms with van der Waals surface area (Å²) in [7, 11) is 0. The maximum Gasteiger partial charge on any atom is 0.229 e. The first-order valence-corrected chi connectivity index (χ1v) is 6.15. The van der Waals surface area contributed by atoms with E-state index in [1.54, 1.807) is 0 Å². The van der Waals surface area contributed by atoms with Crippen molar-refractivity contribution in [1.29, 1.82) is 0 Å². The third kappa shape index (κ3) is 3.07. The molecular formula is C14H19NO2. The van der Waals surface area contributed by atoms with E-state index in [0.29, 0.717) is 19.1 Å². The summed E-state index contributed by atoms with van der Waals surface area (Å²) in [5.41, 5.74) is 2.15. The van der Waals surface area contributed by atoms with Crippen LogP contribution in [-0.2, 0) is 9.53 Å². The van der Waals surface area contributed by atoms with Gasteiger partial charge < -0.3 is 10.1 Å². The average molecular weight is 233 g/mol. The molecule has 1 unspecified atom stereocenters. The summed E-state index contributed by atoms with van der Waals surface area (Å²) in [6.45, 7) is 5.56. The summed E-state index contributed by atoms with van der Waals surface area (Å²) < 4.78 is 5.21. The Labute approximate surface area is 102 Å². The van der Waals surface area contributed by atoms with Crippen LogP contribution in [0.25, 0.3) is 0 Å². The van der Waals surface area contributed by atoms with Crippen molar-refractivity contribution >= 4 is 11.6 Å². The highest BCUT2D eigenvalue weighted by atomic mass is 16.5. The van der Waals surface area contributed by atoms with Gasteiger partial charge in [0.05, 0.1) is 12.5 Å². The van der Waals surface area contributed by atoms with Gasteiger partial charge >= 0.3 is 0 Å². The minimum absolute atomic E-state index is 0.0137. The normalized spacial score (nSPS) is 19.6. The van der Waals surface area contributed by atoms with Gasteiger partial charge in [-0.25, -0.2) is 0 Å². The summed E-state index contributed by atoms with van der Waals surface area (Å²) in [6.07, 6.45) is 0.829. The maximum atomic E-state index is 11.8. The third-order valence-electron chi connectivity index (χ3n) is 3.15. The Morgan fingerprint density at radius 1 is 1.35 bits per heavy atom. The highest BCUT2D eigenvalue weighted by Crippen LogP contribution is 2.19. The summed E-state index contributed by atoms with van der Waals surface area (Å²) in [5.74, 6) is 0.600. The van der Waals surface area contributed by atoms with Crippen LogP contribution in [0.3, 0.4) is 0 Å². The lowest BCUT2D eigenvalue weighted by Gasteiger charge is -2.10. The number of ether oxygens (including phenoxy) is 1. The van der Waals surface area contributed by atoms with E-state index in [1.807, 2.05) is 12.1 Å². The van der Waals surface area contributed by atoms with E-state index >= 15 is 0 Å². The quantitative estimate of drug-likeness (QED) is 0.871. The van der Waals surface area contributed by atoms with Crippen LogP contribution in [0.5, 0.6) is 0 Å². The van der Waals surface area contributed by atoms with Gasteiger partial charge in [-0.15, -0.1) is 0 Å². The minimum atomic E-state index is 0.0137. The maximum absolute atomic E-state index is 11.8. The number of amides is 1. The predicted octanol–water partition coefficient (Wildman–Crippen LogP) is 2.79. The molecule has 1 N–H and O–H groups in total. The zero-order valence-electron chi connectivity index (χ0n) is 10.4. The summed E-state index contributed by atoms with van der Waals surface area (Å²) in [6, 6.07) is 8.04. The van der Waals surface area contributed by atoms with Gasteiger partial charge in [-0.2, -0.15) is 0 Å². The van der Waals surface area contributed by atoms with E-state index < -0.39 is 0 Å². The average Bonchev–Trinajstić information content (AvgIpc) is 2.83. The number of anilines is 1. The number of hydrogen-bond acceptors (Lipinski definition) is 2. The number of carbonyl (C=O) groups is 1. The number of benzene rings is 1. The van der Waals surface area contributed by atoms with Crippen molar-refractivity contribution < 1.29 is 9.53 Å². The van der Waals surface area contributed by atoms with E-state index in [4.69, 9.17) is 4.74 Å². The molecule has 0 radical (unpaired) electrons. The number of carbonyl (C=O) groups excluding carboxylic acids is 1. The van der Waals surface area contributed by atoms with Crippen molar-refractivity contribution in [2.75, 3.05) is 18.5 Å². The van der Waals surface area contributed by atoms with Crippen LogP contribution in [0.15, 0.2) is 24.3 Å². The Morgan fingerprint density at radius 2 is 2.06 bits per heavy atom. The Morgan fingerprint density at radius 3 is 2.59 bits per heavy atom. The molecule has 3 heteroatoms. The molecular weight excluding hydrogens is 214 g/mol. The van der Waals surface area contributed by atoms with Crippen LogP contribution in [-0.4, -0.2) is 19.1 Å². The Bertz CT molecular complexity index is 378. The lowest BCUT2D eigenvalue weighted by atomic mass is 10.0. The molecule has 1 amide bonds. The molecule has 1 aliphatic rings. The third-order valence-corrected chi connectivity index (χ3v) is 3.15. The van der Waals surface area contributed by atoms with Crippen molar-refractivity contribution in [1.82, 2.24) is 0 Å². The van der Waals surface area contributed by atoms with Crippen LogP contribution in [0.4, 0.5) is 5.69 Å². The molecule has 1 aromatic rings. The molecule has 0 saturated carbocycles. The topological polar surface area (TPSA) is 38.3 Å². The van der Waals surface area contributed by atoms with E-state index in [1.165, 1.54) is 5.56 Å². The molecule has 3 nitrogen and oxygen atoms in total. The highest BCUT2D eigenvalue weighted by molar-refractivity contribution is 5.92. The molecule has 2 rings (SSSR count). The first kappa shape index (κ1) is 12.1. The minimum Gasteiger partial charge on any atom is -0.381 e. The van der Waals surface area contributed by atoms with Crippen LogP contribution in [0, 0.1) is 5.92 Å². The fourth-order valence-electron chi connectivity index (χ4n) is 1.94. The van der Waals surface area contributed by atoms with Gasteiger partial charge in [0.25, 0.3) is 0 Å². The zero-order valence-corrected chi connectivity index (χ0v) is 10.4. The number of hydrogen-bond donors (Lipinski definition) is 1. The molecule has 1 aliphatic heterocycles. The van der Waals surface area contributed by atoms with Gasteiger partial charge in [0.1, 0.15) is 0 Å². The van der Waals surface area contributed by atoms with Gasteiger partial charge in [0.2, 0.25) is 5.91 Å². The second kappa shape index (κ2) is 5.32. The molecule has 1 saturated heterocycles. The van der Waals surface area contributed by atoms with Crippen LogP contribution < -0.4 is 5.32 Å². The Hall–Kier alpha value is -1.35. The summed E-state index contributed by atoms with van der Waals surface area (Å²) >= 11 is 0. The van der Waals surface area contributed by atoms with E-state index in [0.717, 1.165) is 12.1 Å². The molecule has 1 heterocycles. The van der Waals surface area contributed by atoms with Crippen LogP contribution in [0.1, 0.15) is 31.7 Å². The second-order valence-electron chi connectivity index (χ2n) is 4.83. The van der Waals surface area contributed by atoms with Gasteiger partial charge in [-0.3, -0.25) is 4.79 Å². The molecule has 1 fully saturated rings. The zero-order chi connectivity index (χ0) is 12.3. The van der Waals surface area contributed by atoms with E-state index in [2.05, 4.69) is 31.3 Å². The van der Waals surface area contributed by atoms with E-state index in [9.17, 15) is 4.79 Å². The SMILES string of the molecule is CC(C)c1ccc(NC(=O)C2CCOC2)cc1. The summed E-state index contributed by atoms with van der Waals surface area (Å²) in [5, 5.41) is 2.93. The molecule has 92 valence electrons. The molecule has 1 aromatic carbocycles. The largest absolute Gasteiger partial charge is 0.381 e. The van der Waals surface area contributed by atoms with Crippen LogP contribution in [0.2, 0.25) is 0 Å². The smallest absolute Gasteiger partial charge is 0.229 e. The van der Waals surface area contributed by atoms with Gasteiger partial charge in [0.15, 0.2) is 0 Å². The lowest BCUT2D eigenvalue weighted by Crippen LogP contribution is -2.22. The fourth-order valence-corrected chi connectivity index (χ4v) is 1.94. The van der Waals surface area contributed by atoms with Crippen molar-refractivity contribution in [3.05, 3.63) is 29.8 Å². The lowest BCUT2D eigenvalue weighted by molar-refractivity contribution is -0.119.